The molecule has 0 radical (unpaired) electrons. The molecule has 0 unspecified atom stereocenters. The SMILES string of the molecule is COc1ccc(S(=O)(=O)[C@H](CNC(=O)CN2C(=O)c3ccccc3C2=O)c2cccs2)cc1. The van der Waals surface area contributed by atoms with Crippen molar-refractivity contribution in [3.8, 4) is 5.75 Å². The number of rotatable bonds is 8. The maximum absolute atomic E-state index is 13.3. The number of imide groups is 1. The normalized spacial score (nSPS) is 14.2. The predicted molar refractivity (Wildman–Crippen MR) is 122 cm³/mol. The largest absolute Gasteiger partial charge is 0.497 e. The molecule has 2 heterocycles. The lowest BCUT2D eigenvalue weighted by Gasteiger charge is -2.19. The van der Waals surface area contributed by atoms with Gasteiger partial charge in [-0.05, 0) is 47.8 Å². The molecule has 1 aromatic heterocycles. The number of benzene rings is 2. The maximum Gasteiger partial charge on any atom is 0.262 e. The van der Waals surface area contributed by atoms with Gasteiger partial charge in [-0.3, -0.25) is 19.3 Å². The first-order valence-electron chi connectivity index (χ1n) is 9.96. The van der Waals surface area contributed by atoms with E-state index in [1.54, 1.807) is 41.8 Å². The van der Waals surface area contributed by atoms with Crippen molar-refractivity contribution in [2.24, 2.45) is 0 Å². The maximum atomic E-state index is 13.3. The lowest BCUT2D eigenvalue weighted by atomic mass is 10.1. The van der Waals surface area contributed by atoms with Crippen LogP contribution in [0.5, 0.6) is 5.75 Å². The van der Waals surface area contributed by atoms with Crippen LogP contribution in [0.3, 0.4) is 0 Å². The molecule has 33 heavy (non-hydrogen) atoms. The summed E-state index contributed by atoms with van der Waals surface area (Å²) in [6.45, 7) is -0.705. The number of amides is 3. The Morgan fingerprint density at radius 1 is 1.00 bits per heavy atom. The molecular formula is C23H20N2O6S2. The minimum Gasteiger partial charge on any atom is -0.497 e. The van der Waals surface area contributed by atoms with E-state index in [-0.39, 0.29) is 22.6 Å². The summed E-state index contributed by atoms with van der Waals surface area (Å²) in [5.74, 6) is -1.20. The van der Waals surface area contributed by atoms with Crippen molar-refractivity contribution in [1.82, 2.24) is 10.2 Å². The fourth-order valence-electron chi connectivity index (χ4n) is 3.56. The van der Waals surface area contributed by atoms with Crippen molar-refractivity contribution in [1.29, 1.82) is 0 Å². The lowest BCUT2D eigenvalue weighted by Crippen LogP contribution is -2.42. The molecule has 0 bridgehead atoms. The summed E-state index contributed by atoms with van der Waals surface area (Å²) < 4.78 is 31.8. The van der Waals surface area contributed by atoms with Crippen LogP contribution in [-0.2, 0) is 14.6 Å². The van der Waals surface area contributed by atoms with E-state index in [4.69, 9.17) is 4.74 Å². The first kappa shape index (κ1) is 22.7. The van der Waals surface area contributed by atoms with Gasteiger partial charge in [-0.15, -0.1) is 11.3 Å². The smallest absolute Gasteiger partial charge is 0.262 e. The van der Waals surface area contributed by atoms with Crippen LogP contribution in [0.25, 0.3) is 0 Å². The Hall–Kier alpha value is -3.50. The Morgan fingerprint density at radius 3 is 2.18 bits per heavy atom. The number of nitrogens with one attached hydrogen (secondary N) is 1. The number of sulfone groups is 1. The minimum absolute atomic E-state index is 0.0938. The predicted octanol–water partition coefficient (Wildman–Crippen LogP) is 2.68. The summed E-state index contributed by atoms with van der Waals surface area (Å²) in [6, 6.07) is 15.8. The van der Waals surface area contributed by atoms with Crippen LogP contribution in [0.4, 0.5) is 0 Å². The van der Waals surface area contributed by atoms with E-state index in [2.05, 4.69) is 5.32 Å². The van der Waals surface area contributed by atoms with Gasteiger partial charge in [0.25, 0.3) is 11.8 Å². The van der Waals surface area contributed by atoms with E-state index in [1.807, 2.05) is 0 Å². The second-order valence-corrected chi connectivity index (χ2v) is 10.4. The van der Waals surface area contributed by atoms with E-state index < -0.39 is 39.4 Å². The van der Waals surface area contributed by atoms with Gasteiger partial charge < -0.3 is 10.1 Å². The number of methoxy groups -OCH3 is 1. The fourth-order valence-corrected chi connectivity index (χ4v) is 6.34. The number of hydrogen-bond donors (Lipinski definition) is 1. The number of fused-ring (bicyclic) bond motifs is 1. The molecule has 0 saturated heterocycles. The molecule has 0 aliphatic carbocycles. The Morgan fingerprint density at radius 2 is 1.64 bits per heavy atom. The van der Waals surface area contributed by atoms with Crippen LogP contribution < -0.4 is 10.1 Å². The number of ether oxygens (including phenoxy) is 1. The van der Waals surface area contributed by atoms with Crippen molar-refractivity contribution in [2.45, 2.75) is 10.1 Å². The molecule has 8 nitrogen and oxygen atoms in total. The first-order chi connectivity index (χ1) is 15.8. The highest BCUT2D eigenvalue weighted by Crippen LogP contribution is 2.32. The third-order valence-corrected chi connectivity index (χ3v) is 8.52. The summed E-state index contributed by atoms with van der Waals surface area (Å²) in [6.07, 6.45) is 0. The van der Waals surface area contributed by atoms with Gasteiger partial charge in [0.2, 0.25) is 5.91 Å². The van der Waals surface area contributed by atoms with Crippen LogP contribution in [0, 0.1) is 0 Å². The van der Waals surface area contributed by atoms with Crippen LogP contribution in [0.2, 0.25) is 0 Å². The number of nitrogens with zero attached hydrogens (tertiary/aromatic N) is 1. The third-order valence-electron chi connectivity index (χ3n) is 5.29. The number of thiophene rings is 1. The van der Waals surface area contributed by atoms with E-state index in [1.165, 1.54) is 42.7 Å². The zero-order valence-corrected chi connectivity index (χ0v) is 19.2. The highest BCUT2D eigenvalue weighted by atomic mass is 32.2. The highest BCUT2D eigenvalue weighted by molar-refractivity contribution is 7.91. The van der Waals surface area contributed by atoms with Gasteiger partial charge in [0, 0.05) is 11.4 Å². The Labute approximate surface area is 194 Å². The summed E-state index contributed by atoms with van der Waals surface area (Å²) in [5.41, 5.74) is 0.489. The quantitative estimate of drug-likeness (QED) is 0.493. The second kappa shape index (κ2) is 9.16. The van der Waals surface area contributed by atoms with Gasteiger partial charge >= 0.3 is 0 Å². The number of carbonyl (C=O) groups excluding carboxylic acids is 3. The van der Waals surface area contributed by atoms with Crippen LogP contribution in [-0.4, -0.2) is 51.2 Å². The van der Waals surface area contributed by atoms with Gasteiger partial charge in [0.15, 0.2) is 9.84 Å². The van der Waals surface area contributed by atoms with Crippen molar-refractivity contribution in [2.75, 3.05) is 20.2 Å². The minimum atomic E-state index is -3.84. The first-order valence-corrected chi connectivity index (χ1v) is 12.4. The molecule has 170 valence electrons. The van der Waals surface area contributed by atoms with Crippen LogP contribution in [0.15, 0.2) is 70.9 Å². The molecule has 0 fully saturated rings. The molecule has 1 aliphatic heterocycles. The van der Waals surface area contributed by atoms with Gasteiger partial charge in [-0.1, -0.05) is 18.2 Å². The van der Waals surface area contributed by atoms with Crippen LogP contribution >= 0.6 is 11.3 Å². The molecule has 1 atom stereocenters. The Balaban J connectivity index is 1.50. The van der Waals surface area contributed by atoms with Crippen molar-refractivity contribution in [3.63, 3.8) is 0 Å². The number of hydrogen-bond acceptors (Lipinski definition) is 7. The Kier molecular flexibility index (Phi) is 6.30. The average Bonchev–Trinajstić information content (AvgIpc) is 3.43. The summed E-state index contributed by atoms with van der Waals surface area (Å²) in [5, 5.41) is 3.31. The number of carbonyl (C=O) groups is 3. The van der Waals surface area contributed by atoms with Gasteiger partial charge in [0.1, 0.15) is 17.5 Å². The zero-order valence-electron chi connectivity index (χ0n) is 17.6. The summed E-state index contributed by atoms with van der Waals surface area (Å²) in [7, 11) is -2.36. The third kappa shape index (κ3) is 4.39. The standard InChI is InChI=1S/C23H20N2O6S2/c1-31-15-8-10-16(11-9-15)33(29,30)20(19-7-4-12-32-19)13-24-21(26)14-25-22(27)17-5-2-3-6-18(17)23(25)28/h2-12,20H,13-14H2,1H3,(H,24,26)/t20-/m1/s1. The molecule has 2 aromatic carbocycles. The highest BCUT2D eigenvalue weighted by Gasteiger charge is 2.37. The zero-order chi connectivity index (χ0) is 23.6. The van der Waals surface area contributed by atoms with Crippen LogP contribution in [0.1, 0.15) is 30.8 Å². The average molecular weight is 485 g/mol. The second-order valence-electron chi connectivity index (χ2n) is 7.27. The van der Waals surface area contributed by atoms with Gasteiger partial charge in [0.05, 0.1) is 23.1 Å². The van der Waals surface area contributed by atoms with Gasteiger partial charge in [-0.25, -0.2) is 8.42 Å². The van der Waals surface area contributed by atoms with Crippen molar-refractivity contribution >= 4 is 38.9 Å². The monoisotopic (exact) mass is 484 g/mol. The molecule has 3 aromatic rings. The van der Waals surface area contributed by atoms with Crippen molar-refractivity contribution < 1.29 is 27.5 Å². The van der Waals surface area contributed by atoms with Crippen molar-refractivity contribution in [3.05, 3.63) is 82.0 Å². The molecule has 1 aliphatic rings. The summed E-state index contributed by atoms with van der Waals surface area (Å²) in [4.78, 5) is 39.1. The van der Waals surface area contributed by atoms with Gasteiger partial charge in [-0.2, -0.15) is 0 Å². The molecular weight excluding hydrogens is 464 g/mol. The topological polar surface area (TPSA) is 110 Å². The fraction of sp³-hybridized carbons (Fsp3) is 0.174. The Bertz CT molecular complexity index is 1270. The molecule has 4 rings (SSSR count). The lowest BCUT2D eigenvalue weighted by molar-refractivity contribution is -0.121. The van der Waals surface area contributed by atoms with E-state index >= 15 is 0 Å². The van der Waals surface area contributed by atoms with E-state index in [0.29, 0.717) is 10.6 Å². The molecule has 10 heteroatoms. The van der Waals surface area contributed by atoms with E-state index in [0.717, 1.165) is 4.90 Å². The molecule has 0 saturated carbocycles. The molecule has 1 N–H and O–H groups in total. The molecule has 3 amide bonds. The summed E-state index contributed by atoms with van der Waals surface area (Å²) >= 11 is 1.26. The molecule has 0 spiro atoms. The van der Waals surface area contributed by atoms with E-state index in [9.17, 15) is 22.8 Å².